The molecule has 0 saturated carbocycles. The van der Waals surface area contributed by atoms with E-state index < -0.39 is 0 Å². The Bertz CT molecular complexity index is 1320. The number of ether oxygens (including phenoxy) is 1. The van der Waals surface area contributed by atoms with Crippen LogP contribution in [-0.4, -0.2) is 31.4 Å². The largest absolute Gasteiger partial charge is 0.482 e. The van der Waals surface area contributed by atoms with Gasteiger partial charge in [-0.05, 0) is 37.6 Å². The van der Waals surface area contributed by atoms with E-state index in [4.69, 9.17) is 16.3 Å². The van der Waals surface area contributed by atoms with Gasteiger partial charge < -0.3 is 10.1 Å². The van der Waals surface area contributed by atoms with Crippen LogP contribution in [0.2, 0.25) is 5.02 Å². The highest BCUT2D eigenvalue weighted by Crippen LogP contribution is 2.29. The minimum absolute atomic E-state index is 0.167. The summed E-state index contributed by atoms with van der Waals surface area (Å²) >= 11 is 8.74. The molecule has 10 heteroatoms. The minimum Gasteiger partial charge on any atom is -0.482 e. The second kappa shape index (κ2) is 11.5. The van der Waals surface area contributed by atoms with Gasteiger partial charge in [-0.1, -0.05) is 59.8 Å². The molecule has 1 atom stereocenters. The third-order valence-electron chi connectivity index (χ3n) is 5.01. The van der Waals surface area contributed by atoms with Gasteiger partial charge >= 0.3 is 0 Å². The molecule has 0 saturated heterocycles. The number of aromatic nitrogens is 4. The highest BCUT2D eigenvalue weighted by molar-refractivity contribution is 7.99. The summed E-state index contributed by atoms with van der Waals surface area (Å²) in [6, 6.07) is 15.3. The fraction of sp³-hybridized carbons (Fsp3) is 0.200. The molecule has 180 valence electrons. The number of carbonyl (C=O) groups excluding carboxylic acids is 1. The molecule has 0 aliphatic heterocycles. The maximum absolute atomic E-state index is 12.6. The average Bonchev–Trinajstić information content (AvgIpc) is 3.47. The normalized spacial score (nSPS) is 11.7. The summed E-state index contributed by atoms with van der Waals surface area (Å²) in [6.07, 6.45) is 1.40. The maximum Gasteiger partial charge on any atom is 0.236 e. The van der Waals surface area contributed by atoms with Crippen LogP contribution < -0.4 is 10.1 Å². The average molecular weight is 526 g/mol. The molecule has 1 N–H and O–H groups in total. The lowest BCUT2D eigenvalue weighted by Crippen LogP contribution is -2.15. The Labute approximate surface area is 217 Å². The molecule has 0 aliphatic rings. The molecule has 1 amide bonds. The van der Waals surface area contributed by atoms with E-state index in [-0.39, 0.29) is 17.8 Å². The van der Waals surface area contributed by atoms with Crippen molar-refractivity contribution >= 4 is 45.7 Å². The van der Waals surface area contributed by atoms with Gasteiger partial charge in [0, 0.05) is 22.5 Å². The third-order valence-corrected chi connectivity index (χ3v) is 6.97. The maximum atomic E-state index is 12.6. The number of carbonyl (C=O) groups is 1. The molecule has 4 aromatic rings. The highest BCUT2D eigenvalue weighted by atomic mass is 35.5. The number of hydrogen-bond acceptors (Lipinski definition) is 7. The zero-order valence-corrected chi connectivity index (χ0v) is 21.7. The monoisotopic (exact) mass is 525 g/mol. The van der Waals surface area contributed by atoms with Crippen molar-refractivity contribution in [3.05, 3.63) is 83.0 Å². The number of anilines is 1. The smallest absolute Gasteiger partial charge is 0.236 e. The molecule has 1 unspecified atom stereocenters. The number of thiazole rings is 1. The van der Waals surface area contributed by atoms with Crippen molar-refractivity contribution in [2.45, 2.75) is 31.7 Å². The molecule has 4 rings (SSSR count). The van der Waals surface area contributed by atoms with E-state index in [1.54, 1.807) is 12.1 Å². The van der Waals surface area contributed by atoms with Gasteiger partial charge in [-0.25, -0.2) is 4.98 Å². The van der Waals surface area contributed by atoms with Crippen molar-refractivity contribution in [1.82, 2.24) is 19.7 Å². The predicted octanol–water partition coefficient (Wildman–Crippen LogP) is 6.42. The summed E-state index contributed by atoms with van der Waals surface area (Å²) in [5, 5.41) is 15.2. The first-order valence-corrected chi connectivity index (χ1v) is 13.1. The van der Waals surface area contributed by atoms with Crippen LogP contribution in [0.5, 0.6) is 5.75 Å². The number of nitrogens with zero attached hydrogens (tertiary/aromatic N) is 4. The quantitative estimate of drug-likeness (QED) is 0.190. The summed E-state index contributed by atoms with van der Waals surface area (Å²) in [7, 11) is 0. The minimum atomic E-state index is -0.364. The second-order valence-corrected chi connectivity index (χ2v) is 9.89. The standard InChI is InChI=1S/C25H24ClN5O2S2/c1-4-12-31-23(17(3)33-21-11-10-19(26)13-16(21)2)29-30-25(31)35-15-22(32)28-24-27-20(14-34-24)18-8-6-5-7-9-18/h4-11,13-14,17H,1,12,15H2,2-3H3,(H,27,28,32). The van der Waals surface area contributed by atoms with Gasteiger partial charge in [-0.15, -0.1) is 28.1 Å². The molecule has 2 heterocycles. The van der Waals surface area contributed by atoms with Crippen molar-refractivity contribution in [2.24, 2.45) is 0 Å². The fourth-order valence-corrected chi connectivity index (χ4v) is 5.07. The summed E-state index contributed by atoms with van der Waals surface area (Å²) in [5.74, 6) is 1.37. The Morgan fingerprint density at radius 1 is 1.29 bits per heavy atom. The molecule has 7 nitrogen and oxygen atoms in total. The van der Waals surface area contributed by atoms with Crippen LogP contribution in [0.4, 0.5) is 5.13 Å². The van der Waals surface area contributed by atoms with Gasteiger partial charge in [0.1, 0.15) is 5.75 Å². The predicted molar refractivity (Wildman–Crippen MR) is 142 cm³/mol. The number of rotatable bonds is 10. The molecule has 0 radical (unpaired) electrons. The fourth-order valence-electron chi connectivity index (χ4n) is 3.35. The SMILES string of the molecule is C=CCn1c(SCC(=O)Nc2nc(-c3ccccc3)cs2)nnc1C(C)Oc1ccc(Cl)cc1C. The van der Waals surface area contributed by atoms with E-state index in [1.165, 1.54) is 23.1 Å². The van der Waals surface area contributed by atoms with Gasteiger partial charge in [0.15, 0.2) is 22.2 Å². The van der Waals surface area contributed by atoms with E-state index in [2.05, 4.69) is 27.1 Å². The molecular weight excluding hydrogens is 502 g/mol. The van der Waals surface area contributed by atoms with E-state index >= 15 is 0 Å². The first-order chi connectivity index (χ1) is 16.9. The Kier molecular flexibility index (Phi) is 8.22. The number of amides is 1. The van der Waals surface area contributed by atoms with Crippen LogP contribution in [0, 0.1) is 6.92 Å². The number of benzene rings is 2. The van der Waals surface area contributed by atoms with Crippen LogP contribution in [0.1, 0.15) is 24.4 Å². The van der Waals surface area contributed by atoms with Crippen molar-refractivity contribution in [1.29, 1.82) is 0 Å². The van der Waals surface area contributed by atoms with Crippen LogP contribution >= 0.6 is 34.7 Å². The number of thioether (sulfide) groups is 1. The topological polar surface area (TPSA) is 81.9 Å². The lowest BCUT2D eigenvalue weighted by atomic mass is 10.2. The molecule has 0 spiro atoms. The molecule has 2 aromatic carbocycles. The Morgan fingerprint density at radius 3 is 2.83 bits per heavy atom. The lowest BCUT2D eigenvalue weighted by molar-refractivity contribution is -0.113. The molecular formula is C25H24ClN5O2S2. The number of hydrogen-bond donors (Lipinski definition) is 1. The van der Waals surface area contributed by atoms with Crippen LogP contribution in [0.15, 0.2) is 71.7 Å². The molecule has 35 heavy (non-hydrogen) atoms. The summed E-state index contributed by atoms with van der Waals surface area (Å²) in [6.45, 7) is 8.17. The highest BCUT2D eigenvalue weighted by Gasteiger charge is 2.20. The second-order valence-electron chi connectivity index (χ2n) is 7.65. The van der Waals surface area contributed by atoms with Crippen molar-refractivity contribution in [3.8, 4) is 17.0 Å². The van der Waals surface area contributed by atoms with Gasteiger partial charge in [0.25, 0.3) is 0 Å². The third kappa shape index (κ3) is 6.30. The molecule has 2 aromatic heterocycles. The van der Waals surface area contributed by atoms with Crippen LogP contribution in [0.3, 0.4) is 0 Å². The van der Waals surface area contributed by atoms with Gasteiger partial charge in [0.05, 0.1) is 11.4 Å². The van der Waals surface area contributed by atoms with Crippen molar-refractivity contribution in [3.63, 3.8) is 0 Å². The molecule has 0 fully saturated rings. The van der Waals surface area contributed by atoms with Crippen LogP contribution in [0.25, 0.3) is 11.3 Å². The number of halogens is 1. The first-order valence-electron chi connectivity index (χ1n) is 10.8. The molecule has 0 aliphatic carbocycles. The first kappa shape index (κ1) is 25.0. The van der Waals surface area contributed by atoms with Gasteiger partial charge in [-0.3, -0.25) is 9.36 Å². The van der Waals surface area contributed by atoms with E-state index in [0.717, 1.165) is 22.6 Å². The zero-order chi connectivity index (χ0) is 24.8. The van der Waals surface area contributed by atoms with Gasteiger partial charge in [-0.2, -0.15) is 0 Å². The summed E-state index contributed by atoms with van der Waals surface area (Å²) < 4.78 is 8.02. The molecule has 0 bridgehead atoms. The van der Waals surface area contributed by atoms with E-state index in [0.29, 0.717) is 27.7 Å². The Morgan fingerprint density at radius 2 is 2.09 bits per heavy atom. The Hall–Kier alpha value is -3.14. The van der Waals surface area contributed by atoms with Crippen LogP contribution in [-0.2, 0) is 11.3 Å². The zero-order valence-electron chi connectivity index (χ0n) is 19.3. The number of aryl methyl sites for hydroxylation is 1. The van der Waals surface area contributed by atoms with Gasteiger partial charge in [0.2, 0.25) is 5.91 Å². The van der Waals surface area contributed by atoms with E-state index in [1.807, 2.05) is 66.3 Å². The summed E-state index contributed by atoms with van der Waals surface area (Å²) in [4.78, 5) is 17.1. The number of nitrogens with one attached hydrogen (secondary N) is 1. The summed E-state index contributed by atoms with van der Waals surface area (Å²) in [5.41, 5.74) is 2.77. The van der Waals surface area contributed by atoms with Crippen molar-refractivity contribution < 1.29 is 9.53 Å². The van der Waals surface area contributed by atoms with Crippen molar-refractivity contribution in [2.75, 3.05) is 11.1 Å². The number of allylic oxidation sites excluding steroid dienone is 1. The Balaban J connectivity index is 1.40. The van der Waals surface area contributed by atoms with E-state index in [9.17, 15) is 4.79 Å². The lowest BCUT2D eigenvalue weighted by Gasteiger charge is -2.17.